The summed E-state index contributed by atoms with van der Waals surface area (Å²) in [6.07, 6.45) is 4.06. The molecule has 2 rings (SSSR count). The normalized spacial score (nSPS) is 13.0. The van der Waals surface area contributed by atoms with Crippen LogP contribution in [0.5, 0.6) is 0 Å². The van der Waals surface area contributed by atoms with Crippen molar-refractivity contribution in [1.29, 1.82) is 0 Å². The standard InChI is InChI=1S/C12H17ClN4/c1-8(14)10-4-5-17(6-10)7-11-12(13)9(2)15-16(11)3/h4-6,8H,7,14H2,1-3H3. The Balaban J connectivity index is 2.25. The first-order valence-electron chi connectivity index (χ1n) is 5.58. The zero-order chi connectivity index (χ0) is 12.6. The summed E-state index contributed by atoms with van der Waals surface area (Å²) in [6.45, 7) is 4.60. The van der Waals surface area contributed by atoms with Gasteiger partial charge in [0.2, 0.25) is 0 Å². The molecule has 5 heteroatoms. The average molecular weight is 253 g/mol. The molecule has 2 aromatic rings. The van der Waals surface area contributed by atoms with Gasteiger partial charge in [-0.3, -0.25) is 4.68 Å². The number of hydrogen-bond acceptors (Lipinski definition) is 2. The summed E-state index contributed by atoms with van der Waals surface area (Å²) < 4.78 is 3.89. The molecule has 2 heterocycles. The Bertz CT molecular complexity index is 525. The second kappa shape index (κ2) is 4.55. The van der Waals surface area contributed by atoms with Crippen LogP contribution in [-0.4, -0.2) is 14.3 Å². The minimum atomic E-state index is 0.0556. The fourth-order valence-electron chi connectivity index (χ4n) is 1.85. The van der Waals surface area contributed by atoms with Gasteiger partial charge in [-0.25, -0.2) is 0 Å². The molecule has 0 aromatic carbocycles. The summed E-state index contributed by atoms with van der Waals surface area (Å²) in [5, 5.41) is 5.03. The molecule has 0 aliphatic heterocycles. The molecule has 0 saturated carbocycles. The van der Waals surface area contributed by atoms with E-state index in [2.05, 4.69) is 9.67 Å². The number of aromatic nitrogens is 3. The molecule has 0 spiro atoms. The number of halogens is 1. The summed E-state index contributed by atoms with van der Waals surface area (Å²) in [7, 11) is 1.91. The Labute approximate surface area is 106 Å². The number of rotatable bonds is 3. The van der Waals surface area contributed by atoms with E-state index in [1.807, 2.05) is 44.0 Å². The minimum absolute atomic E-state index is 0.0556. The van der Waals surface area contributed by atoms with E-state index < -0.39 is 0 Å². The maximum atomic E-state index is 6.21. The molecule has 0 fully saturated rings. The van der Waals surface area contributed by atoms with E-state index in [4.69, 9.17) is 17.3 Å². The summed E-state index contributed by atoms with van der Waals surface area (Å²) in [5.41, 5.74) is 8.83. The SMILES string of the molecule is Cc1nn(C)c(Cn2ccc(C(C)N)c2)c1Cl. The van der Waals surface area contributed by atoms with Gasteiger partial charge in [-0.1, -0.05) is 11.6 Å². The molecular weight excluding hydrogens is 236 g/mol. The minimum Gasteiger partial charge on any atom is -0.348 e. The fourth-order valence-corrected chi connectivity index (χ4v) is 2.07. The Morgan fingerprint density at radius 3 is 2.71 bits per heavy atom. The second-order valence-electron chi connectivity index (χ2n) is 4.38. The first kappa shape index (κ1) is 12.2. The lowest BCUT2D eigenvalue weighted by Gasteiger charge is -2.05. The highest BCUT2D eigenvalue weighted by molar-refractivity contribution is 6.31. The molecule has 0 bridgehead atoms. The molecule has 0 radical (unpaired) electrons. The Hall–Kier alpha value is -1.26. The number of hydrogen-bond donors (Lipinski definition) is 1. The second-order valence-corrected chi connectivity index (χ2v) is 4.75. The van der Waals surface area contributed by atoms with Gasteiger partial charge in [0.15, 0.2) is 0 Å². The van der Waals surface area contributed by atoms with Gasteiger partial charge in [0, 0.05) is 25.5 Å². The number of nitrogens with two attached hydrogens (primary N) is 1. The third-order valence-electron chi connectivity index (χ3n) is 2.89. The van der Waals surface area contributed by atoms with Gasteiger partial charge in [-0.2, -0.15) is 5.10 Å². The van der Waals surface area contributed by atoms with Gasteiger partial charge >= 0.3 is 0 Å². The molecule has 0 amide bonds. The molecular formula is C12H17ClN4. The van der Waals surface area contributed by atoms with Gasteiger partial charge in [-0.15, -0.1) is 0 Å². The topological polar surface area (TPSA) is 48.8 Å². The van der Waals surface area contributed by atoms with Crippen molar-refractivity contribution in [3.63, 3.8) is 0 Å². The Kier molecular flexibility index (Phi) is 3.26. The van der Waals surface area contributed by atoms with Gasteiger partial charge in [-0.05, 0) is 25.5 Å². The maximum Gasteiger partial charge on any atom is 0.0865 e. The van der Waals surface area contributed by atoms with Crippen LogP contribution in [0.25, 0.3) is 0 Å². The van der Waals surface area contributed by atoms with Gasteiger partial charge in [0.1, 0.15) is 0 Å². The van der Waals surface area contributed by atoms with E-state index in [9.17, 15) is 0 Å². The van der Waals surface area contributed by atoms with Crippen LogP contribution in [0.3, 0.4) is 0 Å². The zero-order valence-electron chi connectivity index (χ0n) is 10.3. The molecule has 4 nitrogen and oxygen atoms in total. The lowest BCUT2D eigenvalue weighted by Crippen LogP contribution is -2.06. The molecule has 0 aliphatic rings. The van der Waals surface area contributed by atoms with Crippen molar-refractivity contribution < 1.29 is 0 Å². The Morgan fingerprint density at radius 1 is 1.53 bits per heavy atom. The van der Waals surface area contributed by atoms with Crippen molar-refractivity contribution in [3.8, 4) is 0 Å². The molecule has 2 aromatic heterocycles. The predicted octanol–water partition coefficient (Wildman–Crippen LogP) is 2.25. The van der Waals surface area contributed by atoms with Crippen LogP contribution in [0.15, 0.2) is 18.5 Å². The van der Waals surface area contributed by atoms with Gasteiger partial charge in [0.25, 0.3) is 0 Å². The lowest BCUT2D eigenvalue weighted by atomic mass is 10.2. The van der Waals surface area contributed by atoms with E-state index in [-0.39, 0.29) is 6.04 Å². The van der Waals surface area contributed by atoms with Crippen molar-refractivity contribution in [1.82, 2.24) is 14.3 Å². The van der Waals surface area contributed by atoms with Crippen LogP contribution in [-0.2, 0) is 13.6 Å². The highest BCUT2D eigenvalue weighted by Gasteiger charge is 2.11. The maximum absolute atomic E-state index is 6.21. The van der Waals surface area contributed by atoms with Crippen molar-refractivity contribution >= 4 is 11.6 Å². The first-order chi connectivity index (χ1) is 7.99. The van der Waals surface area contributed by atoms with Crippen LogP contribution in [0, 0.1) is 6.92 Å². The summed E-state index contributed by atoms with van der Waals surface area (Å²) in [4.78, 5) is 0. The molecule has 17 heavy (non-hydrogen) atoms. The lowest BCUT2D eigenvalue weighted by molar-refractivity contribution is 0.663. The van der Waals surface area contributed by atoms with Crippen LogP contribution in [0.2, 0.25) is 5.02 Å². The molecule has 2 N–H and O–H groups in total. The van der Waals surface area contributed by atoms with Crippen LogP contribution in [0.4, 0.5) is 0 Å². The smallest absolute Gasteiger partial charge is 0.0865 e. The largest absolute Gasteiger partial charge is 0.348 e. The highest BCUT2D eigenvalue weighted by atomic mass is 35.5. The van der Waals surface area contributed by atoms with Crippen LogP contribution >= 0.6 is 11.6 Å². The third-order valence-corrected chi connectivity index (χ3v) is 3.38. The van der Waals surface area contributed by atoms with E-state index in [1.165, 1.54) is 0 Å². The van der Waals surface area contributed by atoms with Crippen LogP contribution < -0.4 is 5.73 Å². The molecule has 0 saturated heterocycles. The third kappa shape index (κ3) is 2.37. The molecule has 92 valence electrons. The molecule has 1 atom stereocenters. The van der Waals surface area contributed by atoms with E-state index in [0.29, 0.717) is 6.54 Å². The monoisotopic (exact) mass is 252 g/mol. The predicted molar refractivity (Wildman–Crippen MR) is 69.1 cm³/mol. The van der Waals surface area contributed by atoms with E-state index in [1.54, 1.807) is 0 Å². The van der Waals surface area contributed by atoms with Crippen molar-refractivity contribution in [2.45, 2.75) is 26.4 Å². The van der Waals surface area contributed by atoms with Crippen molar-refractivity contribution in [2.75, 3.05) is 0 Å². The zero-order valence-corrected chi connectivity index (χ0v) is 11.1. The number of nitrogens with zero attached hydrogens (tertiary/aromatic N) is 3. The average Bonchev–Trinajstić information content (AvgIpc) is 2.80. The molecule has 1 unspecified atom stereocenters. The van der Waals surface area contributed by atoms with E-state index >= 15 is 0 Å². The number of aryl methyl sites for hydroxylation is 2. The molecule has 0 aliphatic carbocycles. The van der Waals surface area contributed by atoms with Crippen LogP contribution in [0.1, 0.15) is 29.9 Å². The first-order valence-corrected chi connectivity index (χ1v) is 5.96. The van der Waals surface area contributed by atoms with E-state index in [0.717, 1.165) is 22.0 Å². The van der Waals surface area contributed by atoms with Crippen molar-refractivity contribution in [3.05, 3.63) is 40.4 Å². The summed E-state index contributed by atoms with van der Waals surface area (Å²) >= 11 is 6.21. The summed E-state index contributed by atoms with van der Waals surface area (Å²) in [6, 6.07) is 2.09. The van der Waals surface area contributed by atoms with Crippen molar-refractivity contribution in [2.24, 2.45) is 12.8 Å². The quantitative estimate of drug-likeness (QED) is 0.911. The Morgan fingerprint density at radius 2 is 2.24 bits per heavy atom. The van der Waals surface area contributed by atoms with Gasteiger partial charge < -0.3 is 10.3 Å². The fraction of sp³-hybridized carbons (Fsp3) is 0.417. The highest BCUT2D eigenvalue weighted by Crippen LogP contribution is 2.21. The summed E-state index contributed by atoms with van der Waals surface area (Å²) in [5.74, 6) is 0. The van der Waals surface area contributed by atoms with Gasteiger partial charge in [0.05, 0.1) is 23.0 Å².